The fourth-order valence-electron chi connectivity index (χ4n) is 1.25. The van der Waals surface area contributed by atoms with Gasteiger partial charge in [-0.15, -0.1) is 0 Å². The van der Waals surface area contributed by atoms with Gasteiger partial charge in [0.15, 0.2) is 0 Å². The minimum absolute atomic E-state index is 0.115. The van der Waals surface area contributed by atoms with Crippen LogP contribution in [0.15, 0.2) is 16.6 Å². The Balaban J connectivity index is 2.86. The molecule has 0 aliphatic heterocycles. The second kappa shape index (κ2) is 5.26. The van der Waals surface area contributed by atoms with Gasteiger partial charge in [0.05, 0.1) is 17.5 Å². The molecule has 4 heteroatoms. The van der Waals surface area contributed by atoms with E-state index in [1.807, 2.05) is 6.92 Å². The lowest BCUT2D eigenvalue weighted by Gasteiger charge is -2.06. The third kappa shape index (κ3) is 3.30. The average Bonchev–Trinajstić information content (AvgIpc) is 2.14. The predicted octanol–water partition coefficient (Wildman–Crippen LogP) is 3.00. The van der Waals surface area contributed by atoms with Gasteiger partial charge in [-0.05, 0) is 53.0 Å². The van der Waals surface area contributed by atoms with Gasteiger partial charge >= 0.3 is 5.97 Å². The van der Waals surface area contributed by atoms with Gasteiger partial charge in [0.1, 0.15) is 5.82 Å². The highest BCUT2D eigenvalue weighted by molar-refractivity contribution is 9.10. The Hall–Kier alpha value is -0.900. The van der Waals surface area contributed by atoms with Crippen molar-refractivity contribution in [1.82, 2.24) is 0 Å². The van der Waals surface area contributed by atoms with E-state index in [0.717, 1.165) is 5.56 Å². The quantitative estimate of drug-likeness (QED) is 0.793. The second-order valence-electron chi connectivity index (χ2n) is 3.17. The summed E-state index contributed by atoms with van der Waals surface area (Å²) >= 11 is 3.09. The minimum atomic E-state index is -0.361. The summed E-state index contributed by atoms with van der Waals surface area (Å²) in [6.45, 7) is 3.92. The average molecular weight is 275 g/mol. The maximum Gasteiger partial charge on any atom is 0.310 e. The maximum absolute atomic E-state index is 13.2. The third-order valence-electron chi connectivity index (χ3n) is 2.02. The van der Waals surface area contributed by atoms with Gasteiger partial charge in [-0.3, -0.25) is 4.79 Å². The summed E-state index contributed by atoms with van der Waals surface area (Å²) in [5, 5.41) is 0. The first-order chi connectivity index (χ1) is 7.04. The molecule has 0 atom stereocenters. The number of halogens is 2. The van der Waals surface area contributed by atoms with Crippen molar-refractivity contribution in [2.45, 2.75) is 20.3 Å². The molecule has 0 spiro atoms. The number of carbonyl (C=O) groups excluding carboxylic acids is 1. The summed E-state index contributed by atoms with van der Waals surface area (Å²) in [6, 6.07) is 3.01. The van der Waals surface area contributed by atoms with Crippen LogP contribution in [0.4, 0.5) is 4.39 Å². The van der Waals surface area contributed by atoms with Gasteiger partial charge in [0, 0.05) is 0 Å². The first kappa shape index (κ1) is 12.2. The molecule has 0 aliphatic rings. The topological polar surface area (TPSA) is 26.3 Å². The molecule has 0 N–H and O–H groups in total. The predicted molar refractivity (Wildman–Crippen MR) is 59.2 cm³/mol. The van der Waals surface area contributed by atoms with E-state index < -0.39 is 0 Å². The fourth-order valence-corrected chi connectivity index (χ4v) is 1.70. The molecule has 1 rings (SSSR count). The number of carbonyl (C=O) groups is 1. The van der Waals surface area contributed by atoms with Crippen molar-refractivity contribution in [2.75, 3.05) is 6.61 Å². The van der Waals surface area contributed by atoms with Crippen molar-refractivity contribution in [3.05, 3.63) is 33.5 Å². The lowest BCUT2D eigenvalue weighted by Crippen LogP contribution is -2.08. The number of benzene rings is 1. The standard InChI is InChI=1S/C11H12BrFO2/c1-3-15-11(14)6-8-5-10(13)9(12)4-7(8)2/h4-5H,3,6H2,1-2H3. The number of hydrogen-bond acceptors (Lipinski definition) is 2. The van der Waals surface area contributed by atoms with Crippen LogP contribution in [0.25, 0.3) is 0 Å². The van der Waals surface area contributed by atoms with Crippen molar-refractivity contribution in [2.24, 2.45) is 0 Å². The fraction of sp³-hybridized carbons (Fsp3) is 0.364. The lowest BCUT2D eigenvalue weighted by molar-refractivity contribution is -0.142. The number of aryl methyl sites for hydroxylation is 1. The van der Waals surface area contributed by atoms with Gasteiger partial charge in [-0.2, -0.15) is 0 Å². The maximum atomic E-state index is 13.2. The Labute approximate surface area is 96.6 Å². The van der Waals surface area contributed by atoms with Gasteiger partial charge in [0.25, 0.3) is 0 Å². The van der Waals surface area contributed by atoms with Gasteiger partial charge < -0.3 is 4.74 Å². The molecule has 15 heavy (non-hydrogen) atoms. The molecule has 0 unspecified atom stereocenters. The minimum Gasteiger partial charge on any atom is -0.466 e. The summed E-state index contributed by atoms with van der Waals surface area (Å²) < 4.78 is 18.4. The summed E-state index contributed by atoms with van der Waals surface area (Å²) in [6.07, 6.45) is 0.115. The number of ether oxygens (including phenoxy) is 1. The smallest absolute Gasteiger partial charge is 0.310 e. The van der Waals surface area contributed by atoms with E-state index in [0.29, 0.717) is 16.6 Å². The van der Waals surface area contributed by atoms with Crippen molar-refractivity contribution in [3.63, 3.8) is 0 Å². The van der Waals surface area contributed by atoms with Crippen LogP contribution >= 0.6 is 15.9 Å². The molecular formula is C11H12BrFO2. The molecule has 1 aromatic carbocycles. The van der Waals surface area contributed by atoms with Crippen LogP contribution in [-0.2, 0) is 16.0 Å². The van der Waals surface area contributed by atoms with Crippen LogP contribution in [0.5, 0.6) is 0 Å². The first-order valence-electron chi connectivity index (χ1n) is 4.64. The summed E-state index contributed by atoms with van der Waals surface area (Å²) in [5.74, 6) is -0.692. The molecule has 0 saturated carbocycles. The van der Waals surface area contributed by atoms with Gasteiger partial charge in [0.2, 0.25) is 0 Å². The van der Waals surface area contributed by atoms with Crippen molar-refractivity contribution in [1.29, 1.82) is 0 Å². The van der Waals surface area contributed by atoms with Crippen molar-refractivity contribution < 1.29 is 13.9 Å². The van der Waals surface area contributed by atoms with Crippen LogP contribution in [0.2, 0.25) is 0 Å². The van der Waals surface area contributed by atoms with E-state index >= 15 is 0 Å². The molecule has 1 aromatic rings. The molecule has 2 nitrogen and oxygen atoms in total. The normalized spacial score (nSPS) is 10.1. The number of esters is 1. The molecule has 0 aromatic heterocycles. The molecule has 0 fully saturated rings. The van der Waals surface area contributed by atoms with Crippen LogP contribution in [0.1, 0.15) is 18.1 Å². The summed E-state index contributed by atoms with van der Waals surface area (Å²) in [5.41, 5.74) is 1.53. The van der Waals surface area contributed by atoms with E-state index in [1.54, 1.807) is 13.0 Å². The van der Waals surface area contributed by atoms with Gasteiger partial charge in [-0.1, -0.05) is 0 Å². The van der Waals surface area contributed by atoms with Crippen molar-refractivity contribution >= 4 is 21.9 Å². The second-order valence-corrected chi connectivity index (χ2v) is 4.03. The van der Waals surface area contributed by atoms with Crippen LogP contribution in [-0.4, -0.2) is 12.6 Å². The molecular weight excluding hydrogens is 263 g/mol. The molecule has 0 saturated heterocycles. The van der Waals surface area contributed by atoms with Crippen LogP contribution in [0, 0.1) is 12.7 Å². The molecule has 0 radical (unpaired) electrons. The largest absolute Gasteiger partial charge is 0.466 e. The highest BCUT2D eigenvalue weighted by Crippen LogP contribution is 2.20. The third-order valence-corrected chi connectivity index (χ3v) is 2.63. The molecule has 0 amide bonds. The molecule has 0 aliphatic carbocycles. The SMILES string of the molecule is CCOC(=O)Cc1cc(F)c(Br)cc1C. The van der Waals surface area contributed by atoms with Crippen LogP contribution in [0.3, 0.4) is 0 Å². The highest BCUT2D eigenvalue weighted by atomic mass is 79.9. The number of hydrogen-bond donors (Lipinski definition) is 0. The number of rotatable bonds is 3. The highest BCUT2D eigenvalue weighted by Gasteiger charge is 2.09. The van der Waals surface area contributed by atoms with E-state index in [4.69, 9.17) is 4.74 Å². The summed E-state index contributed by atoms with van der Waals surface area (Å²) in [7, 11) is 0. The Kier molecular flexibility index (Phi) is 4.27. The van der Waals surface area contributed by atoms with E-state index in [-0.39, 0.29) is 18.2 Å². The Morgan fingerprint density at radius 1 is 1.53 bits per heavy atom. The molecule has 82 valence electrons. The summed E-state index contributed by atoms with van der Waals surface area (Å²) in [4.78, 5) is 11.2. The zero-order valence-electron chi connectivity index (χ0n) is 8.64. The van der Waals surface area contributed by atoms with E-state index in [1.165, 1.54) is 6.07 Å². The Morgan fingerprint density at radius 3 is 2.80 bits per heavy atom. The molecule has 0 heterocycles. The molecule has 0 bridgehead atoms. The lowest BCUT2D eigenvalue weighted by atomic mass is 10.1. The Morgan fingerprint density at radius 2 is 2.20 bits per heavy atom. The Bertz CT molecular complexity index is 377. The first-order valence-corrected chi connectivity index (χ1v) is 5.44. The van der Waals surface area contributed by atoms with Crippen LogP contribution < -0.4 is 0 Å². The monoisotopic (exact) mass is 274 g/mol. The zero-order valence-corrected chi connectivity index (χ0v) is 10.2. The zero-order chi connectivity index (χ0) is 11.4. The van der Waals surface area contributed by atoms with E-state index in [9.17, 15) is 9.18 Å². The van der Waals surface area contributed by atoms with Gasteiger partial charge in [-0.25, -0.2) is 4.39 Å². The van der Waals surface area contributed by atoms with Crippen molar-refractivity contribution in [3.8, 4) is 0 Å². The van der Waals surface area contributed by atoms with E-state index in [2.05, 4.69) is 15.9 Å².